The number of carbonyl (C=O) groups is 2. The zero-order valence-corrected chi connectivity index (χ0v) is 19.2. The molecule has 0 aliphatic carbocycles. The van der Waals surface area contributed by atoms with Gasteiger partial charge < -0.3 is 18.9 Å². The van der Waals surface area contributed by atoms with Crippen LogP contribution in [0.2, 0.25) is 0 Å². The standard InChI is InChI=1S/C21H26BrN3O5/c1-5-29-19(27)16-12-25(18-15(17(16)26)9-13(22)10-23-18)14-7-6-8-24(11-14)20(28)30-21(2,3)4/h9-10,12,14H,5-8,11H2,1-4H3/t14-/m0/s1. The fourth-order valence-electron chi connectivity index (χ4n) is 3.52. The maximum absolute atomic E-state index is 12.9. The van der Waals surface area contributed by atoms with Crippen LogP contribution in [0.4, 0.5) is 4.79 Å². The molecule has 0 spiro atoms. The summed E-state index contributed by atoms with van der Waals surface area (Å²) in [7, 11) is 0. The average molecular weight is 480 g/mol. The molecule has 30 heavy (non-hydrogen) atoms. The number of ether oxygens (including phenoxy) is 2. The molecule has 1 aliphatic heterocycles. The van der Waals surface area contributed by atoms with Crippen molar-refractivity contribution in [2.45, 2.75) is 52.2 Å². The summed E-state index contributed by atoms with van der Waals surface area (Å²) in [6.45, 7) is 8.33. The number of esters is 1. The maximum Gasteiger partial charge on any atom is 0.410 e. The van der Waals surface area contributed by atoms with Crippen LogP contribution < -0.4 is 5.43 Å². The van der Waals surface area contributed by atoms with Crippen molar-refractivity contribution in [3.8, 4) is 0 Å². The lowest BCUT2D eigenvalue weighted by Crippen LogP contribution is -2.43. The van der Waals surface area contributed by atoms with Crippen LogP contribution in [0.15, 0.2) is 27.7 Å². The van der Waals surface area contributed by atoms with Crippen LogP contribution in [0.3, 0.4) is 0 Å². The van der Waals surface area contributed by atoms with E-state index in [2.05, 4.69) is 20.9 Å². The third-order valence-corrected chi connectivity index (χ3v) is 5.21. The molecule has 1 saturated heterocycles. The minimum absolute atomic E-state index is 0.0429. The SMILES string of the molecule is CCOC(=O)c1cn([C@H]2CCCN(C(=O)OC(C)(C)C)C2)c2ncc(Br)cc2c1=O. The molecule has 1 atom stereocenters. The fourth-order valence-corrected chi connectivity index (χ4v) is 3.85. The quantitative estimate of drug-likeness (QED) is 0.619. The van der Waals surface area contributed by atoms with Gasteiger partial charge in [0.2, 0.25) is 5.43 Å². The van der Waals surface area contributed by atoms with Crippen LogP contribution in [-0.2, 0) is 9.47 Å². The predicted molar refractivity (Wildman–Crippen MR) is 116 cm³/mol. The Balaban J connectivity index is 2.04. The van der Waals surface area contributed by atoms with Crippen LogP contribution in [0.1, 0.15) is 56.9 Å². The number of amides is 1. The van der Waals surface area contributed by atoms with E-state index in [1.807, 2.05) is 25.3 Å². The lowest BCUT2D eigenvalue weighted by Gasteiger charge is -2.35. The molecule has 0 unspecified atom stereocenters. The van der Waals surface area contributed by atoms with Gasteiger partial charge in [0.1, 0.15) is 16.8 Å². The minimum Gasteiger partial charge on any atom is -0.462 e. The molecule has 3 rings (SSSR count). The highest BCUT2D eigenvalue weighted by atomic mass is 79.9. The van der Waals surface area contributed by atoms with E-state index in [-0.39, 0.29) is 24.3 Å². The van der Waals surface area contributed by atoms with Gasteiger partial charge in [0.15, 0.2) is 0 Å². The molecular formula is C21H26BrN3O5. The third-order valence-electron chi connectivity index (χ3n) is 4.77. The number of hydrogen-bond acceptors (Lipinski definition) is 6. The molecule has 1 amide bonds. The van der Waals surface area contributed by atoms with Crippen molar-refractivity contribution < 1.29 is 19.1 Å². The van der Waals surface area contributed by atoms with Gasteiger partial charge in [-0.2, -0.15) is 0 Å². The molecule has 162 valence electrons. The first-order valence-corrected chi connectivity index (χ1v) is 10.8. The van der Waals surface area contributed by atoms with E-state index in [0.717, 1.165) is 12.8 Å². The molecule has 0 aromatic carbocycles. The summed E-state index contributed by atoms with van der Waals surface area (Å²) in [5, 5.41) is 0.323. The molecule has 9 heteroatoms. The fraction of sp³-hybridized carbons (Fsp3) is 0.524. The van der Waals surface area contributed by atoms with E-state index in [1.54, 1.807) is 24.1 Å². The van der Waals surface area contributed by atoms with Gasteiger partial charge in [-0.3, -0.25) is 4.79 Å². The third kappa shape index (κ3) is 4.83. The normalized spacial score (nSPS) is 17.1. The number of hydrogen-bond donors (Lipinski definition) is 0. The van der Waals surface area contributed by atoms with Gasteiger partial charge in [-0.05, 0) is 62.5 Å². The first kappa shape index (κ1) is 22.3. The molecule has 2 aromatic heterocycles. The van der Waals surface area contributed by atoms with Gasteiger partial charge >= 0.3 is 12.1 Å². The topological polar surface area (TPSA) is 90.7 Å². The Morgan fingerprint density at radius 2 is 2.07 bits per heavy atom. The molecule has 2 aromatic rings. The summed E-state index contributed by atoms with van der Waals surface area (Å²) in [6.07, 6.45) is 4.28. The van der Waals surface area contributed by atoms with E-state index < -0.39 is 17.0 Å². The van der Waals surface area contributed by atoms with Gasteiger partial charge in [-0.1, -0.05) is 0 Å². The molecule has 0 saturated carbocycles. The van der Waals surface area contributed by atoms with Gasteiger partial charge in [0.25, 0.3) is 0 Å². The van der Waals surface area contributed by atoms with E-state index in [1.165, 1.54) is 6.20 Å². The Labute approximate surface area is 183 Å². The Kier molecular flexibility index (Phi) is 6.50. The highest BCUT2D eigenvalue weighted by Gasteiger charge is 2.30. The first-order chi connectivity index (χ1) is 14.1. The Morgan fingerprint density at radius 1 is 1.33 bits per heavy atom. The molecule has 0 radical (unpaired) electrons. The largest absolute Gasteiger partial charge is 0.462 e. The van der Waals surface area contributed by atoms with Crippen LogP contribution in [-0.4, -0.2) is 51.8 Å². The average Bonchev–Trinajstić information content (AvgIpc) is 2.67. The molecule has 1 fully saturated rings. The van der Waals surface area contributed by atoms with Crippen molar-refractivity contribution in [3.05, 3.63) is 38.7 Å². The second kappa shape index (κ2) is 8.75. The predicted octanol–water partition coefficient (Wildman–Crippen LogP) is 3.91. The molecular weight excluding hydrogens is 454 g/mol. The Morgan fingerprint density at radius 3 is 2.73 bits per heavy atom. The van der Waals surface area contributed by atoms with Crippen molar-refractivity contribution in [3.63, 3.8) is 0 Å². The Hall–Kier alpha value is -2.42. The number of carbonyl (C=O) groups excluding carboxylic acids is 2. The number of nitrogens with zero attached hydrogens (tertiary/aromatic N) is 3. The molecule has 0 N–H and O–H groups in total. The monoisotopic (exact) mass is 479 g/mol. The zero-order valence-electron chi connectivity index (χ0n) is 17.6. The Bertz CT molecular complexity index is 1030. The molecule has 0 bridgehead atoms. The molecule has 8 nitrogen and oxygen atoms in total. The van der Waals surface area contributed by atoms with Crippen molar-refractivity contribution in [2.75, 3.05) is 19.7 Å². The van der Waals surface area contributed by atoms with E-state index in [4.69, 9.17) is 9.47 Å². The van der Waals surface area contributed by atoms with Crippen LogP contribution in [0.25, 0.3) is 11.0 Å². The van der Waals surface area contributed by atoms with Crippen molar-refractivity contribution in [1.82, 2.24) is 14.5 Å². The number of aromatic nitrogens is 2. The molecule has 3 heterocycles. The summed E-state index contributed by atoms with van der Waals surface area (Å²) >= 11 is 3.34. The second-order valence-electron chi connectivity index (χ2n) is 8.25. The summed E-state index contributed by atoms with van der Waals surface area (Å²) in [6, 6.07) is 1.49. The van der Waals surface area contributed by atoms with E-state index >= 15 is 0 Å². The summed E-state index contributed by atoms with van der Waals surface area (Å²) in [5.41, 5.74) is -0.585. The van der Waals surface area contributed by atoms with E-state index in [9.17, 15) is 14.4 Å². The van der Waals surface area contributed by atoms with Crippen molar-refractivity contribution in [2.24, 2.45) is 0 Å². The highest BCUT2D eigenvalue weighted by Crippen LogP contribution is 2.27. The number of piperidine rings is 1. The summed E-state index contributed by atoms with van der Waals surface area (Å²) in [4.78, 5) is 44.0. The smallest absolute Gasteiger partial charge is 0.410 e. The van der Waals surface area contributed by atoms with Gasteiger partial charge in [-0.15, -0.1) is 0 Å². The van der Waals surface area contributed by atoms with Crippen LogP contribution in [0.5, 0.6) is 0 Å². The van der Waals surface area contributed by atoms with Crippen molar-refractivity contribution >= 4 is 39.0 Å². The number of likely N-dealkylation sites (tertiary alicyclic amines) is 1. The first-order valence-electron chi connectivity index (χ1n) is 9.96. The lowest BCUT2D eigenvalue weighted by atomic mass is 10.0. The number of fused-ring (bicyclic) bond motifs is 1. The number of rotatable bonds is 3. The molecule has 1 aliphatic rings. The van der Waals surface area contributed by atoms with E-state index in [0.29, 0.717) is 28.6 Å². The van der Waals surface area contributed by atoms with Crippen molar-refractivity contribution in [1.29, 1.82) is 0 Å². The van der Waals surface area contributed by atoms with Crippen LogP contribution in [0, 0.1) is 0 Å². The number of pyridine rings is 2. The summed E-state index contributed by atoms with van der Waals surface area (Å²) < 4.78 is 13.0. The minimum atomic E-state index is -0.669. The zero-order chi connectivity index (χ0) is 22.1. The highest BCUT2D eigenvalue weighted by molar-refractivity contribution is 9.10. The number of halogens is 1. The summed E-state index contributed by atoms with van der Waals surface area (Å²) in [5.74, 6) is -0.669. The van der Waals surface area contributed by atoms with Gasteiger partial charge in [0, 0.05) is 30.0 Å². The van der Waals surface area contributed by atoms with Gasteiger partial charge in [-0.25, -0.2) is 14.6 Å². The van der Waals surface area contributed by atoms with Gasteiger partial charge in [0.05, 0.1) is 18.0 Å². The second-order valence-corrected chi connectivity index (χ2v) is 9.16. The van der Waals surface area contributed by atoms with Crippen LogP contribution >= 0.6 is 15.9 Å². The lowest BCUT2D eigenvalue weighted by molar-refractivity contribution is 0.0173. The maximum atomic E-state index is 12.9.